The van der Waals surface area contributed by atoms with Crippen LogP contribution in [0.3, 0.4) is 0 Å². The number of hydrogen-bond donors (Lipinski definition) is 1. The average molecular weight is 289 g/mol. The number of carbonyl (C=O) groups is 1. The first-order chi connectivity index (χ1) is 10.0. The summed E-state index contributed by atoms with van der Waals surface area (Å²) in [6.45, 7) is 0. The SMILES string of the molecule is COc1cc([N+](=O)[O-])ccc1C(=O)NC1(C#N)CCCC1. The minimum atomic E-state index is -0.843. The fourth-order valence-corrected chi connectivity index (χ4v) is 2.51. The van der Waals surface area contributed by atoms with Crippen LogP contribution >= 0.6 is 0 Å². The smallest absolute Gasteiger partial charge is 0.273 e. The Kier molecular flexibility index (Phi) is 4.08. The third-order valence-electron chi connectivity index (χ3n) is 3.66. The highest BCUT2D eigenvalue weighted by Gasteiger charge is 2.36. The molecule has 2 rings (SSSR count). The van der Waals surface area contributed by atoms with E-state index in [-0.39, 0.29) is 17.0 Å². The van der Waals surface area contributed by atoms with Crippen molar-refractivity contribution in [2.75, 3.05) is 7.11 Å². The van der Waals surface area contributed by atoms with E-state index in [0.717, 1.165) is 12.8 Å². The van der Waals surface area contributed by atoms with Gasteiger partial charge in [0.2, 0.25) is 0 Å². The number of benzene rings is 1. The Morgan fingerprint density at radius 1 is 1.48 bits per heavy atom. The highest BCUT2D eigenvalue weighted by atomic mass is 16.6. The molecular formula is C14H15N3O4. The number of nitrogens with one attached hydrogen (secondary N) is 1. The Hall–Kier alpha value is -2.62. The molecule has 0 aliphatic heterocycles. The van der Waals surface area contributed by atoms with Crippen molar-refractivity contribution in [1.82, 2.24) is 5.32 Å². The number of non-ortho nitro benzene ring substituents is 1. The molecular weight excluding hydrogens is 274 g/mol. The lowest BCUT2D eigenvalue weighted by atomic mass is 9.99. The molecule has 0 aromatic heterocycles. The normalized spacial score (nSPS) is 16.0. The van der Waals surface area contributed by atoms with E-state index in [1.807, 2.05) is 0 Å². The molecule has 1 aromatic rings. The second-order valence-electron chi connectivity index (χ2n) is 5.00. The van der Waals surface area contributed by atoms with Crippen LogP contribution in [0.15, 0.2) is 18.2 Å². The molecule has 21 heavy (non-hydrogen) atoms. The van der Waals surface area contributed by atoms with Crippen LogP contribution in [0.2, 0.25) is 0 Å². The molecule has 0 atom stereocenters. The lowest BCUT2D eigenvalue weighted by Crippen LogP contribution is -2.45. The van der Waals surface area contributed by atoms with Gasteiger partial charge >= 0.3 is 0 Å². The van der Waals surface area contributed by atoms with Crippen molar-refractivity contribution in [2.24, 2.45) is 0 Å². The number of nitrogens with zero attached hydrogens (tertiary/aromatic N) is 2. The van der Waals surface area contributed by atoms with E-state index in [9.17, 15) is 20.2 Å². The van der Waals surface area contributed by atoms with Gasteiger partial charge in [-0.05, 0) is 31.7 Å². The molecule has 7 nitrogen and oxygen atoms in total. The first kappa shape index (κ1) is 14.8. The van der Waals surface area contributed by atoms with Gasteiger partial charge in [0.25, 0.3) is 11.6 Å². The van der Waals surface area contributed by atoms with Crippen LogP contribution in [0, 0.1) is 21.4 Å². The minimum absolute atomic E-state index is 0.118. The van der Waals surface area contributed by atoms with E-state index < -0.39 is 16.4 Å². The molecule has 0 heterocycles. The topological polar surface area (TPSA) is 105 Å². The van der Waals surface area contributed by atoms with Crippen LogP contribution in [0.1, 0.15) is 36.0 Å². The molecule has 110 valence electrons. The molecule has 1 saturated carbocycles. The molecule has 0 spiro atoms. The van der Waals surface area contributed by atoms with Gasteiger partial charge in [0.15, 0.2) is 0 Å². The number of amides is 1. The highest BCUT2D eigenvalue weighted by molar-refractivity contribution is 5.98. The molecule has 0 saturated heterocycles. The minimum Gasteiger partial charge on any atom is -0.496 e. The Morgan fingerprint density at radius 3 is 2.67 bits per heavy atom. The highest BCUT2D eigenvalue weighted by Crippen LogP contribution is 2.30. The van der Waals surface area contributed by atoms with Crippen LogP contribution in [-0.4, -0.2) is 23.5 Å². The van der Waals surface area contributed by atoms with Gasteiger partial charge in [-0.2, -0.15) is 5.26 Å². The molecule has 0 bridgehead atoms. The number of nitro groups is 1. The van der Waals surface area contributed by atoms with E-state index in [1.165, 1.54) is 25.3 Å². The summed E-state index contributed by atoms with van der Waals surface area (Å²) in [5.74, 6) is -0.335. The van der Waals surface area contributed by atoms with E-state index in [4.69, 9.17) is 4.74 Å². The lowest BCUT2D eigenvalue weighted by Gasteiger charge is -2.22. The van der Waals surface area contributed by atoms with Gasteiger partial charge in [0, 0.05) is 6.07 Å². The van der Waals surface area contributed by atoms with Crippen molar-refractivity contribution >= 4 is 11.6 Å². The zero-order valence-corrected chi connectivity index (χ0v) is 11.6. The second kappa shape index (κ2) is 5.79. The van der Waals surface area contributed by atoms with Crippen molar-refractivity contribution in [2.45, 2.75) is 31.2 Å². The van der Waals surface area contributed by atoms with Crippen molar-refractivity contribution in [3.05, 3.63) is 33.9 Å². The number of rotatable bonds is 4. The van der Waals surface area contributed by atoms with Crippen molar-refractivity contribution in [1.29, 1.82) is 5.26 Å². The molecule has 1 N–H and O–H groups in total. The summed E-state index contributed by atoms with van der Waals surface area (Å²) in [6, 6.07) is 5.94. The molecule has 1 fully saturated rings. The number of hydrogen-bond acceptors (Lipinski definition) is 5. The van der Waals surface area contributed by atoms with Gasteiger partial charge in [-0.25, -0.2) is 0 Å². The maximum atomic E-state index is 12.3. The summed E-state index contributed by atoms with van der Waals surface area (Å²) in [5, 5.41) is 22.7. The van der Waals surface area contributed by atoms with Crippen molar-refractivity contribution < 1.29 is 14.5 Å². The maximum absolute atomic E-state index is 12.3. The number of nitro benzene ring substituents is 1. The van der Waals surface area contributed by atoms with Crippen LogP contribution in [-0.2, 0) is 0 Å². The van der Waals surface area contributed by atoms with Crippen molar-refractivity contribution in [3.8, 4) is 11.8 Å². The first-order valence-electron chi connectivity index (χ1n) is 6.57. The summed E-state index contributed by atoms with van der Waals surface area (Å²) >= 11 is 0. The molecule has 0 unspecified atom stereocenters. The summed E-state index contributed by atoms with van der Waals surface area (Å²) in [4.78, 5) is 22.5. The van der Waals surface area contributed by atoms with E-state index in [0.29, 0.717) is 12.8 Å². The van der Waals surface area contributed by atoms with Gasteiger partial charge < -0.3 is 10.1 Å². The van der Waals surface area contributed by atoms with Crippen LogP contribution in [0.25, 0.3) is 0 Å². The van der Waals surface area contributed by atoms with Gasteiger partial charge in [-0.1, -0.05) is 0 Å². The number of ether oxygens (including phenoxy) is 1. The van der Waals surface area contributed by atoms with Crippen molar-refractivity contribution in [3.63, 3.8) is 0 Å². The van der Waals surface area contributed by atoms with Gasteiger partial charge in [0.05, 0.1) is 29.7 Å². The molecule has 7 heteroatoms. The first-order valence-corrected chi connectivity index (χ1v) is 6.57. The predicted octanol–water partition coefficient (Wildman–Crippen LogP) is 2.17. The quantitative estimate of drug-likeness (QED) is 0.675. The van der Waals surface area contributed by atoms with E-state index >= 15 is 0 Å². The summed E-state index contributed by atoms with van der Waals surface area (Å²) in [7, 11) is 1.34. The monoisotopic (exact) mass is 289 g/mol. The largest absolute Gasteiger partial charge is 0.496 e. The van der Waals surface area contributed by atoms with E-state index in [2.05, 4.69) is 11.4 Å². The van der Waals surface area contributed by atoms with Crippen LogP contribution in [0.4, 0.5) is 5.69 Å². The Morgan fingerprint density at radius 2 is 2.14 bits per heavy atom. The summed E-state index contributed by atoms with van der Waals surface area (Å²) in [6.07, 6.45) is 3.02. The number of carbonyl (C=O) groups excluding carboxylic acids is 1. The zero-order valence-electron chi connectivity index (χ0n) is 11.6. The fraction of sp³-hybridized carbons (Fsp3) is 0.429. The Balaban J connectivity index is 2.27. The average Bonchev–Trinajstić information content (AvgIpc) is 2.95. The number of methoxy groups -OCH3 is 1. The number of nitriles is 1. The van der Waals surface area contributed by atoms with E-state index in [1.54, 1.807) is 0 Å². The van der Waals surface area contributed by atoms with Gasteiger partial charge in [0.1, 0.15) is 11.3 Å². The molecule has 1 aliphatic carbocycles. The Labute approximate surface area is 121 Å². The Bertz CT molecular complexity index is 615. The molecule has 0 radical (unpaired) electrons. The summed E-state index contributed by atoms with van der Waals surface area (Å²) in [5.41, 5.74) is -0.812. The van der Waals surface area contributed by atoms with Crippen LogP contribution in [0.5, 0.6) is 5.75 Å². The third kappa shape index (κ3) is 2.94. The third-order valence-corrected chi connectivity index (χ3v) is 3.66. The van der Waals surface area contributed by atoms with Gasteiger partial charge in [-0.15, -0.1) is 0 Å². The fourth-order valence-electron chi connectivity index (χ4n) is 2.51. The van der Waals surface area contributed by atoms with Gasteiger partial charge in [-0.3, -0.25) is 14.9 Å². The standard InChI is InChI=1S/C14H15N3O4/c1-21-12-8-10(17(19)20)4-5-11(12)13(18)16-14(9-15)6-2-3-7-14/h4-5,8H,2-3,6-7H2,1H3,(H,16,18). The second-order valence-corrected chi connectivity index (χ2v) is 5.00. The lowest BCUT2D eigenvalue weighted by molar-refractivity contribution is -0.384. The molecule has 1 aliphatic rings. The predicted molar refractivity (Wildman–Crippen MR) is 73.9 cm³/mol. The maximum Gasteiger partial charge on any atom is 0.273 e. The molecule has 1 aromatic carbocycles. The van der Waals surface area contributed by atoms with Crippen LogP contribution < -0.4 is 10.1 Å². The summed E-state index contributed by atoms with van der Waals surface area (Å²) < 4.78 is 5.04. The zero-order chi connectivity index (χ0) is 15.5. The molecule has 1 amide bonds.